The Kier molecular flexibility index (Phi) is 9.65. The Hall–Kier alpha value is -1.39. The molecular formula is C19H37N5. The van der Waals surface area contributed by atoms with Crippen molar-refractivity contribution < 1.29 is 0 Å². The zero-order chi connectivity index (χ0) is 17.9. The van der Waals surface area contributed by atoms with E-state index in [2.05, 4.69) is 21.8 Å². The van der Waals surface area contributed by atoms with Crippen LogP contribution in [-0.4, -0.2) is 60.4 Å². The summed E-state index contributed by atoms with van der Waals surface area (Å²) in [5.41, 5.74) is 0.891. The summed E-state index contributed by atoms with van der Waals surface area (Å²) >= 11 is 0. The van der Waals surface area contributed by atoms with E-state index in [1.54, 1.807) is 0 Å². The zero-order valence-corrected chi connectivity index (χ0v) is 16.2. The number of likely N-dealkylation sites (tertiary alicyclic amines) is 1. The molecule has 0 atom stereocenters. The van der Waals surface area contributed by atoms with Gasteiger partial charge in [0.25, 0.3) is 0 Å². The zero-order valence-electron chi connectivity index (χ0n) is 16.2. The highest BCUT2D eigenvalue weighted by atomic mass is 15.2. The molecule has 5 heteroatoms. The average Bonchev–Trinajstić information content (AvgIpc) is 3.22. The number of nitrogens with one attached hydrogen (secondary N) is 2. The first-order chi connectivity index (χ1) is 11.4. The van der Waals surface area contributed by atoms with E-state index in [-0.39, 0.29) is 0 Å². The van der Waals surface area contributed by atoms with Gasteiger partial charge in [0.2, 0.25) is 0 Å². The number of hydrogen-bond donors (Lipinski definition) is 2. The number of likely N-dealkylation sites (N-methyl/N-ethyl adjacent to an activating group) is 1. The van der Waals surface area contributed by atoms with Crippen molar-refractivity contribution in [2.75, 3.05) is 33.2 Å². The average molecular weight is 336 g/mol. The van der Waals surface area contributed by atoms with Gasteiger partial charge in [0, 0.05) is 32.4 Å². The SMILES string of the molecule is CC(=N)C1CCCC1.CC(=N)N1CCCCC1.CC1=NCCN1C. The van der Waals surface area contributed by atoms with Gasteiger partial charge in [-0.1, -0.05) is 12.8 Å². The Morgan fingerprint density at radius 2 is 1.54 bits per heavy atom. The van der Waals surface area contributed by atoms with Crippen molar-refractivity contribution in [1.29, 1.82) is 10.8 Å². The summed E-state index contributed by atoms with van der Waals surface area (Å²) in [4.78, 5) is 8.45. The van der Waals surface area contributed by atoms with Crippen LogP contribution in [0.5, 0.6) is 0 Å². The van der Waals surface area contributed by atoms with Crippen molar-refractivity contribution in [1.82, 2.24) is 9.80 Å². The molecule has 5 nitrogen and oxygen atoms in total. The summed E-state index contributed by atoms with van der Waals surface area (Å²) in [6.07, 6.45) is 9.14. The molecule has 2 aliphatic heterocycles. The molecule has 3 rings (SSSR count). The quantitative estimate of drug-likeness (QED) is 0.561. The topological polar surface area (TPSA) is 66.5 Å². The second-order valence-electron chi connectivity index (χ2n) is 7.15. The first kappa shape index (κ1) is 20.7. The number of nitrogens with zero attached hydrogens (tertiary/aromatic N) is 3. The molecule has 0 unspecified atom stereocenters. The lowest BCUT2D eigenvalue weighted by molar-refractivity contribution is 0.339. The van der Waals surface area contributed by atoms with Crippen LogP contribution in [0.4, 0.5) is 0 Å². The summed E-state index contributed by atoms with van der Waals surface area (Å²) in [7, 11) is 2.06. The normalized spacial score (nSPS) is 20.6. The van der Waals surface area contributed by atoms with E-state index >= 15 is 0 Å². The van der Waals surface area contributed by atoms with E-state index < -0.39 is 0 Å². The fourth-order valence-corrected chi connectivity index (χ4v) is 3.23. The molecule has 3 aliphatic rings. The van der Waals surface area contributed by atoms with Crippen LogP contribution in [0.2, 0.25) is 0 Å². The van der Waals surface area contributed by atoms with E-state index in [4.69, 9.17) is 10.8 Å². The first-order valence-corrected chi connectivity index (χ1v) is 9.49. The van der Waals surface area contributed by atoms with Crippen LogP contribution < -0.4 is 0 Å². The van der Waals surface area contributed by atoms with Crippen LogP contribution in [-0.2, 0) is 0 Å². The third kappa shape index (κ3) is 7.93. The van der Waals surface area contributed by atoms with Gasteiger partial charge in [0.1, 0.15) is 0 Å². The molecule has 24 heavy (non-hydrogen) atoms. The van der Waals surface area contributed by atoms with Crippen LogP contribution >= 0.6 is 0 Å². The van der Waals surface area contributed by atoms with Crippen LogP contribution in [0.3, 0.4) is 0 Å². The van der Waals surface area contributed by atoms with Crippen molar-refractivity contribution in [2.24, 2.45) is 10.9 Å². The smallest absolute Gasteiger partial charge is 0.0956 e. The van der Waals surface area contributed by atoms with E-state index in [9.17, 15) is 0 Å². The van der Waals surface area contributed by atoms with E-state index in [1.165, 1.54) is 50.8 Å². The predicted octanol–water partition coefficient (Wildman–Crippen LogP) is 4.04. The van der Waals surface area contributed by atoms with Crippen molar-refractivity contribution in [3.05, 3.63) is 0 Å². The van der Waals surface area contributed by atoms with Gasteiger partial charge in [-0.2, -0.15) is 0 Å². The van der Waals surface area contributed by atoms with Gasteiger partial charge in [-0.3, -0.25) is 10.4 Å². The number of aliphatic imine (C=N–C) groups is 1. The number of piperidine rings is 1. The standard InChI is InChI=1S/C7H14N2.C7H13N.C5H10N2/c1-7(8)9-5-3-2-4-6-9;1-6(8)7-4-2-3-5-7;1-5-6-3-4-7(5)2/h8H,2-6H2,1H3;7-8H,2-5H2,1H3;3-4H2,1-2H3. The van der Waals surface area contributed by atoms with Gasteiger partial charge in [-0.15, -0.1) is 0 Å². The lowest BCUT2D eigenvalue weighted by Gasteiger charge is -2.27. The highest BCUT2D eigenvalue weighted by molar-refractivity contribution is 5.81. The minimum atomic E-state index is 0.648. The molecule has 0 amide bonds. The molecule has 0 aromatic heterocycles. The van der Waals surface area contributed by atoms with E-state index in [0.29, 0.717) is 5.92 Å². The third-order valence-corrected chi connectivity index (χ3v) is 5.13. The van der Waals surface area contributed by atoms with Crippen molar-refractivity contribution >= 4 is 17.4 Å². The molecule has 0 radical (unpaired) electrons. The Bertz CT molecular complexity index is 417. The number of amidine groups is 2. The van der Waals surface area contributed by atoms with Gasteiger partial charge in [0.05, 0.1) is 18.2 Å². The summed E-state index contributed by atoms with van der Waals surface area (Å²) in [6, 6.07) is 0. The molecule has 2 N–H and O–H groups in total. The Balaban J connectivity index is 0.000000181. The molecule has 1 aliphatic carbocycles. The fourth-order valence-electron chi connectivity index (χ4n) is 3.23. The highest BCUT2D eigenvalue weighted by Gasteiger charge is 2.15. The van der Waals surface area contributed by atoms with Crippen LogP contribution in [0.25, 0.3) is 0 Å². The van der Waals surface area contributed by atoms with Gasteiger partial charge in [0.15, 0.2) is 0 Å². The van der Waals surface area contributed by atoms with Crippen LogP contribution in [0, 0.1) is 16.7 Å². The number of hydrogen-bond acceptors (Lipinski definition) is 4. The molecule has 0 aromatic rings. The largest absolute Gasteiger partial charge is 0.362 e. The monoisotopic (exact) mass is 335 g/mol. The van der Waals surface area contributed by atoms with Crippen LogP contribution in [0.1, 0.15) is 65.7 Å². The van der Waals surface area contributed by atoms with E-state index in [1.807, 2.05) is 20.8 Å². The summed E-state index contributed by atoms with van der Waals surface area (Å²) in [5.74, 6) is 2.55. The molecule has 1 saturated carbocycles. The summed E-state index contributed by atoms with van der Waals surface area (Å²) in [5, 5.41) is 14.6. The molecule has 1 saturated heterocycles. The Morgan fingerprint density at radius 1 is 0.958 bits per heavy atom. The minimum absolute atomic E-state index is 0.648. The molecule has 2 fully saturated rings. The summed E-state index contributed by atoms with van der Waals surface area (Å²) < 4.78 is 0. The van der Waals surface area contributed by atoms with Gasteiger partial charge in [-0.25, -0.2) is 0 Å². The van der Waals surface area contributed by atoms with Gasteiger partial charge >= 0.3 is 0 Å². The van der Waals surface area contributed by atoms with Crippen molar-refractivity contribution in [2.45, 2.75) is 65.7 Å². The Morgan fingerprint density at radius 3 is 1.79 bits per heavy atom. The maximum atomic E-state index is 7.31. The second-order valence-corrected chi connectivity index (χ2v) is 7.15. The molecule has 138 valence electrons. The maximum absolute atomic E-state index is 7.31. The lowest BCUT2D eigenvalue weighted by atomic mass is 10.0. The van der Waals surface area contributed by atoms with Gasteiger partial charge < -0.3 is 15.2 Å². The van der Waals surface area contributed by atoms with Crippen molar-refractivity contribution in [3.63, 3.8) is 0 Å². The lowest BCUT2D eigenvalue weighted by Crippen LogP contribution is -2.33. The van der Waals surface area contributed by atoms with Crippen LogP contribution in [0.15, 0.2) is 4.99 Å². The third-order valence-electron chi connectivity index (χ3n) is 5.13. The van der Waals surface area contributed by atoms with Gasteiger partial charge in [-0.05, 0) is 58.8 Å². The maximum Gasteiger partial charge on any atom is 0.0956 e. The highest BCUT2D eigenvalue weighted by Crippen LogP contribution is 2.24. The Labute approximate surface area is 148 Å². The molecule has 0 bridgehead atoms. The molecule has 0 spiro atoms. The van der Waals surface area contributed by atoms with E-state index in [0.717, 1.165) is 37.7 Å². The fraction of sp³-hybridized carbons (Fsp3) is 0.842. The summed E-state index contributed by atoms with van der Waals surface area (Å²) in [6.45, 7) is 10.1. The number of rotatable bonds is 1. The first-order valence-electron chi connectivity index (χ1n) is 9.49. The van der Waals surface area contributed by atoms with Crippen molar-refractivity contribution in [3.8, 4) is 0 Å². The second kappa shape index (κ2) is 11.2. The molecule has 2 heterocycles. The molecular weight excluding hydrogens is 298 g/mol. The minimum Gasteiger partial charge on any atom is -0.362 e. The predicted molar refractivity (Wildman–Crippen MR) is 105 cm³/mol. The molecule has 0 aromatic carbocycles.